The van der Waals surface area contributed by atoms with Crippen LogP contribution in [0.1, 0.15) is 12.5 Å². The van der Waals surface area contributed by atoms with Gasteiger partial charge in [-0.05, 0) is 31.2 Å². The van der Waals surface area contributed by atoms with E-state index in [-0.39, 0.29) is 28.2 Å². The fourth-order valence-electron chi connectivity index (χ4n) is 2.62. The molecule has 0 spiro atoms. The second-order valence-electron chi connectivity index (χ2n) is 6.48. The number of thiazole rings is 2. The lowest BCUT2D eigenvalue weighted by Gasteiger charge is -2.07. The van der Waals surface area contributed by atoms with Crippen LogP contribution in [0.15, 0.2) is 57.3 Å². The van der Waals surface area contributed by atoms with E-state index in [0.29, 0.717) is 10.8 Å². The van der Waals surface area contributed by atoms with E-state index in [9.17, 15) is 20.0 Å². The Bertz CT molecular complexity index is 1320. The first kappa shape index (κ1) is 21.9. The van der Waals surface area contributed by atoms with Gasteiger partial charge in [-0.15, -0.1) is 22.7 Å². The van der Waals surface area contributed by atoms with E-state index < -0.39 is 4.92 Å². The molecule has 0 aliphatic heterocycles. The minimum atomic E-state index is -0.530. The first-order valence-electron chi connectivity index (χ1n) is 9.18. The van der Waals surface area contributed by atoms with Crippen molar-refractivity contribution in [3.63, 3.8) is 0 Å². The maximum absolute atomic E-state index is 12.3. The molecule has 0 radical (unpaired) electrons. The molecule has 0 saturated carbocycles. The summed E-state index contributed by atoms with van der Waals surface area (Å²) in [6, 6.07) is 9.17. The Morgan fingerprint density at radius 2 is 2.19 bits per heavy atom. The molecule has 2 aromatic carbocycles. The standard InChI is InChI=1S/C20H15N5O4S3/c1-11(18(27)24-19-21-6-7-30-19)31-20-23-15-4-2-13(9-17(15)32-20)22-10-12-8-14(25(28)29)3-5-16(12)26/h2-11,26H,1H3,(H,21,24,27)/t11-/m1/s1. The SMILES string of the molecule is C[C@@H](Sc1nc2ccc(N=Cc3cc([N+](=O)[O-])ccc3O)cc2s1)C(=O)Nc1nccs1. The van der Waals surface area contributed by atoms with Gasteiger partial charge in [-0.25, -0.2) is 9.97 Å². The number of nitro benzene ring substituents is 1. The number of rotatable bonds is 7. The number of phenols is 1. The summed E-state index contributed by atoms with van der Waals surface area (Å²) in [5, 5.41) is 25.6. The van der Waals surface area contributed by atoms with Crippen molar-refractivity contribution < 1.29 is 14.8 Å². The van der Waals surface area contributed by atoms with Crippen molar-refractivity contribution in [1.82, 2.24) is 9.97 Å². The van der Waals surface area contributed by atoms with Gasteiger partial charge in [-0.1, -0.05) is 11.8 Å². The molecular weight excluding hydrogens is 470 g/mol. The van der Waals surface area contributed by atoms with Gasteiger partial charge in [0.15, 0.2) is 9.47 Å². The zero-order valence-electron chi connectivity index (χ0n) is 16.5. The summed E-state index contributed by atoms with van der Waals surface area (Å²) in [4.78, 5) is 35.7. The number of hydrogen-bond donors (Lipinski definition) is 2. The lowest BCUT2D eigenvalue weighted by molar-refractivity contribution is -0.384. The third-order valence-electron chi connectivity index (χ3n) is 4.24. The number of amides is 1. The van der Waals surface area contributed by atoms with Crippen molar-refractivity contribution >= 4 is 73.3 Å². The van der Waals surface area contributed by atoms with Crippen LogP contribution >= 0.6 is 34.4 Å². The summed E-state index contributed by atoms with van der Waals surface area (Å²) in [5.41, 5.74) is 1.51. The number of nitrogens with one attached hydrogen (secondary N) is 1. The second kappa shape index (κ2) is 9.42. The Kier molecular flexibility index (Phi) is 6.44. The van der Waals surface area contributed by atoms with Crippen molar-refractivity contribution in [1.29, 1.82) is 0 Å². The third-order valence-corrected chi connectivity index (χ3v) is 7.14. The normalized spacial score (nSPS) is 12.3. The predicted molar refractivity (Wildman–Crippen MR) is 128 cm³/mol. The number of thioether (sulfide) groups is 1. The van der Waals surface area contributed by atoms with Gasteiger partial charge in [0, 0.05) is 35.5 Å². The molecule has 1 atom stereocenters. The molecule has 4 aromatic rings. The number of nitrogens with zero attached hydrogens (tertiary/aromatic N) is 4. The fraction of sp³-hybridized carbons (Fsp3) is 0.100. The van der Waals surface area contributed by atoms with Gasteiger partial charge in [-0.3, -0.25) is 19.9 Å². The van der Waals surface area contributed by atoms with Crippen LogP contribution in [0, 0.1) is 10.1 Å². The van der Waals surface area contributed by atoms with E-state index in [0.717, 1.165) is 14.6 Å². The number of aromatic nitrogens is 2. The first-order chi connectivity index (χ1) is 15.4. The number of hydrogen-bond acceptors (Lipinski definition) is 10. The van der Waals surface area contributed by atoms with Gasteiger partial charge in [0.25, 0.3) is 5.69 Å². The highest BCUT2D eigenvalue weighted by Crippen LogP contribution is 2.34. The minimum absolute atomic E-state index is 0.0954. The van der Waals surface area contributed by atoms with Crippen LogP contribution in [-0.2, 0) is 4.79 Å². The Morgan fingerprint density at radius 1 is 1.34 bits per heavy atom. The number of benzene rings is 2. The number of phenolic OH excluding ortho intramolecular Hbond substituents is 1. The van der Waals surface area contributed by atoms with Crippen molar-refractivity contribution in [3.8, 4) is 5.75 Å². The molecule has 0 aliphatic carbocycles. The quantitative estimate of drug-likeness (QED) is 0.158. The minimum Gasteiger partial charge on any atom is -0.507 e. The van der Waals surface area contributed by atoms with Gasteiger partial charge >= 0.3 is 0 Å². The number of aliphatic imine (C=N–C) groups is 1. The van der Waals surface area contributed by atoms with Crippen LogP contribution in [0.4, 0.5) is 16.5 Å². The molecular formula is C20H15N5O4S3. The van der Waals surface area contributed by atoms with Gasteiger partial charge in [-0.2, -0.15) is 0 Å². The van der Waals surface area contributed by atoms with Gasteiger partial charge < -0.3 is 10.4 Å². The molecule has 0 aliphatic rings. The Hall–Kier alpha value is -3.35. The van der Waals surface area contributed by atoms with Gasteiger partial charge in [0.1, 0.15) is 5.75 Å². The highest BCUT2D eigenvalue weighted by molar-refractivity contribution is 8.02. The van der Waals surface area contributed by atoms with E-state index in [1.807, 2.05) is 12.1 Å². The monoisotopic (exact) mass is 485 g/mol. The number of nitro groups is 1. The Morgan fingerprint density at radius 3 is 2.94 bits per heavy atom. The van der Waals surface area contributed by atoms with Crippen molar-refractivity contribution in [2.45, 2.75) is 16.5 Å². The fourth-order valence-corrected chi connectivity index (χ4v) is 5.40. The van der Waals surface area contributed by atoms with Crippen LogP contribution < -0.4 is 5.32 Å². The molecule has 2 N–H and O–H groups in total. The largest absolute Gasteiger partial charge is 0.507 e. The van der Waals surface area contributed by atoms with Crippen molar-refractivity contribution in [2.75, 3.05) is 5.32 Å². The molecule has 0 fully saturated rings. The van der Waals surface area contributed by atoms with Crippen LogP contribution in [0.3, 0.4) is 0 Å². The molecule has 4 rings (SSSR count). The van der Waals surface area contributed by atoms with Crippen LogP contribution in [0.2, 0.25) is 0 Å². The number of aromatic hydroxyl groups is 1. The number of anilines is 1. The van der Waals surface area contributed by atoms with Gasteiger partial charge in [0.2, 0.25) is 5.91 Å². The molecule has 0 saturated heterocycles. The van der Waals surface area contributed by atoms with E-state index in [2.05, 4.69) is 20.3 Å². The number of fused-ring (bicyclic) bond motifs is 1. The first-order valence-corrected chi connectivity index (χ1v) is 11.8. The zero-order chi connectivity index (χ0) is 22.7. The predicted octanol–water partition coefficient (Wildman–Crippen LogP) is 5.24. The number of non-ortho nitro benzene ring substituents is 1. The molecule has 12 heteroatoms. The number of carbonyl (C=O) groups is 1. The summed E-state index contributed by atoms with van der Waals surface area (Å²) in [7, 11) is 0. The molecule has 162 valence electrons. The van der Waals surface area contributed by atoms with E-state index >= 15 is 0 Å². The maximum atomic E-state index is 12.3. The van der Waals surface area contributed by atoms with E-state index in [1.54, 1.807) is 24.6 Å². The molecule has 32 heavy (non-hydrogen) atoms. The third kappa shape index (κ3) is 5.10. The highest BCUT2D eigenvalue weighted by Gasteiger charge is 2.18. The lowest BCUT2D eigenvalue weighted by Crippen LogP contribution is -2.22. The molecule has 2 heterocycles. The molecule has 9 nitrogen and oxygen atoms in total. The Balaban J connectivity index is 1.48. The summed E-state index contributed by atoms with van der Waals surface area (Å²) in [5.74, 6) is -0.242. The second-order valence-corrected chi connectivity index (χ2v) is 9.99. The lowest BCUT2D eigenvalue weighted by atomic mass is 10.2. The summed E-state index contributed by atoms with van der Waals surface area (Å²) in [6.45, 7) is 1.81. The van der Waals surface area contributed by atoms with Crippen LogP contribution in [-0.4, -0.2) is 37.4 Å². The summed E-state index contributed by atoms with van der Waals surface area (Å²) >= 11 is 4.16. The molecule has 1 amide bonds. The van der Waals surface area contributed by atoms with E-state index in [4.69, 9.17) is 0 Å². The molecule has 0 unspecified atom stereocenters. The highest BCUT2D eigenvalue weighted by atomic mass is 32.2. The zero-order valence-corrected chi connectivity index (χ0v) is 18.9. The van der Waals surface area contributed by atoms with Crippen molar-refractivity contribution in [3.05, 3.63) is 63.7 Å². The average Bonchev–Trinajstić information content (AvgIpc) is 3.41. The molecule has 2 aromatic heterocycles. The maximum Gasteiger partial charge on any atom is 0.270 e. The summed E-state index contributed by atoms with van der Waals surface area (Å²) in [6.07, 6.45) is 3.01. The topological polar surface area (TPSA) is 131 Å². The van der Waals surface area contributed by atoms with Crippen molar-refractivity contribution in [2.24, 2.45) is 4.99 Å². The Labute approximate surface area is 194 Å². The van der Waals surface area contributed by atoms with Gasteiger partial charge in [0.05, 0.1) is 26.1 Å². The van der Waals surface area contributed by atoms with E-state index in [1.165, 1.54) is 58.8 Å². The van der Waals surface area contributed by atoms with Crippen LogP contribution in [0.25, 0.3) is 10.2 Å². The average molecular weight is 486 g/mol. The molecule has 0 bridgehead atoms. The smallest absolute Gasteiger partial charge is 0.270 e. The van der Waals surface area contributed by atoms with Crippen LogP contribution in [0.5, 0.6) is 5.75 Å². The summed E-state index contributed by atoms with van der Waals surface area (Å²) < 4.78 is 1.64. The number of carbonyl (C=O) groups excluding carboxylic acids is 1.